The molecular weight excluding hydrogens is 447 g/mol. The number of amides is 1. The predicted octanol–water partition coefficient (Wildman–Crippen LogP) is 3.28. The van der Waals surface area contributed by atoms with Crippen LogP contribution in [0.3, 0.4) is 0 Å². The summed E-state index contributed by atoms with van der Waals surface area (Å²) in [6.07, 6.45) is 3.81. The molecule has 1 fully saturated rings. The Balaban J connectivity index is 1.59. The van der Waals surface area contributed by atoms with Gasteiger partial charge in [-0.25, -0.2) is 19.3 Å². The van der Waals surface area contributed by atoms with E-state index in [0.717, 1.165) is 29.9 Å². The number of nitrogens with zero attached hydrogens (tertiary/aromatic N) is 5. The van der Waals surface area contributed by atoms with Gasteiger partial charge in [-0.15, -0.1) is 0 Å². The minimum Gasteiger partial charge on any atom is -0.384 e. The Kier molecular flexibility index (Phi) is 7.67. The monoisotopic (exact) mass is 478 g/mol. The van der Waals surface area contributed by atoms with Crippen molar-refractivity contribution in [1.29, 1.82) is 0 Å². The van der Waals surface area contributed by atoms with E-state index in [9.17, 15) is 4.79 Å². The first-order valence-corrected chi connectivity index (χ1v) is 11.8. The Morgan fingerprint density at radius 2 is 1.86 bits per heavy atom. The molecule has 9 heteroatoms. The summed E-state index contributed by atoms with van der Waals surface area (Å²) in [6, 6.07) is 8.50. The van der Waals surface area contributed by atoms with E-state index < -0.39 is 5.82 Å². The van der Waals surface area contributed by atoms with E-state index in [0.29, 0.717) is 43.2 Å². The molecule has 3 aromatic rings. The first-order chi connectivity index (χ1) is 16.9. The molecule has 0 saturated carbocycles. The van der Waals surface area contributed by atoms with Crippen LogP contribution in [-0.2, 0) is 11.2 Å². The molecule has 1 unspecified atom stereocenters. The van der Waals surface area contributed by atoms with Crippen molar-refractivity contribution in [3.63, 3.8) is 0 Å². The second-order valence-electron chi connectivity index (χ2n) is 8.70. The van der Waals surface area contributed by atoms with E-state index in [2.05, 4.69) is 26.8 Å². The number of halogens is 1. The van der Waals surface area contributed by atoms with Crippen LogP contribution < -0.4 is 5.73 Å². The van der Waals surface area contributed by atoms with Gasteiger partial charge in [0.05, 0.1) is 23.6 Å². The molecule has 2 aromatic heterocycles. The summed E-state index contributed by atoms with van der Waals surface area (Å²) in [5.41, 5.74) is 9.37. The van der Waals surface area contributed by atoms with Crippen molar-refractivity contribution in [3.05, 3.63) is 59.9 Å². The van der Waals surface area contributed by atoms with Gasteiger partial charge in [-0.05, 0) is 37.6 Å². The SMILES string of the molecule is CCc1ncnc(-c2ccc(C(=O)N3CCN(C(C)COC)CC3)c(F)c2)c1-c1ccc(N)nc1. The molecular formula is C26H31FN6O2. The van der Waals surface area contributed by atoms with Crippen LogP contribution in [0.1, 0.15) is 29.9 Å². The Morgan fingerprint density at radius 1 is 1.11 bits per heavy atom. The smallest absolute Gasteiger partial charge is 0.256 e. The molecule has 2 N–H and O–H groups in total. The highest BCUT2D eigenvalue weighted by atomic mass is 19.1. The normalized spacial score (nSPS) is 15.3. The summed E-state index contributed by atoms with van der Waals surface area (Å²) in [5.74, 6) is -0.457. The van der Waals surface area contributed by atoms with Crippen LogP contribution in [0.2, 0.25) is 0 Å². The maximum atomic E-state index is 15.3. The highest BCUT2D eigenvalue weighted by Gasteiger charge is 2.26. The summed E-state index contributed by atoms with van der Waals surface area (Å²) in [7, 11) is 1.68. The second-order valence-corrected chi connectivity index (χ2v) is 8.70. The number of aryl methyl sites for hydroxylation is 1. The van der Waals surface area contributed by atoms with Gasteiger partial charge in [0.2, 0.25) is 0 Å². The van der Waals surface area contributed by atoms with Crippen molar-refractivity contribution in [2.75, 3.05) is 45.6 Å². The zero-order valence-corrected chi connectivity index (χ0v) is 20.4. The Morgan fingerprint density at radius 3 is 2.49 bits per heavy atom. The van der Waals surface area contributed by atoms with Gasteiger partial charge in [0.1, 0.15) is 18.0 Å². The lowest BCUT2D eigenvalue weighted by molar-refractivity contribution is 0.0446. The fraction of sp³-hybridized carbons (Fsp3) is 0.385. The minimum absolute atomic E-state index is 0.0626. The molecule has 1 saturated heterocycles. The number of methoxy groups -OCH3 is 1. The third kappa shape index (κ3) is 5.31. The molecule has 1 amide bonds. The topological polar surface area (TPSA) is 97.5 Å². The molecule has 184 valence electrons. The summed E-state index contributed by atoms with van der Waals surface area (Å²) in [6.45, 7) is 7.30. The number of nitrogen functional groups attached to an aromatic ring is 1. The van der Waals surface area contributed by atoms with Gasteiger partial charge in [-0.3, -0.25) is 9.69 Å². The van der Waals surface area contributed by atoms with E-state index in [4.69, 9.17) is 10.5 Å². The van der Waals surface area contributed by atoms with Crippen molar-refractivity contribution in [1.82, 2.24) is 24.8 Å². The molecule has 3 heterocycles. The second kappa shape index (κ2) is 10.9. The van der Waals surface area contributed by atoms with Gasteiger partial charge in [0.15, 0.2) is 0 Å². The number of rotatable bonds is 7. The van der Waals surface area contributed by atoms with Crippen LogP contribution in [0.15, 0.2) is 42.9 Å². The average molecular weight is 479 g/mol. The number of hydrogen-bond donors (Lipinski definition) is 1. The van der Waals surface area contributed by atoms with Gasteiger partial charge in [0.25, 0.3) is 5.91 Å². The van der Waals surface area contributed by atoms with E-state index in [-0.39, 0.29) is 17.5 Å². The standard InChI is InChI=1S/C26H31FN6O2/c1-4-22-24(19-6-8-23(28)29-14-19)25(31-16-30-22)18-5-7-20(21(27)13-18)26(34)33-11-9-32(10-12-33)17(2)15-35-3/h5-8,13-14,16-17H,4,9-12,15H2,1-3H3,(H2,28,29). The van der Waals surface area contributed by atoms with Gasteiger partial charge in [-0.1, -0.05) is 13.0 Å². The Bertz CT molecular complexity index is 1180. The van der Waals surface area contributed by atoms with E-state index in [1.807, 2.05) is 13.0 Å². The van der Waals surface area contributed by atoms with Gasteiger partial charge in [0, 0.05) is 62.2 Å². The van der Waals surface area contributed by atoms with Crippen LogP contribution in [0, 0.1) is 5.82 Å². The molecule has 8 nitrogen and oxygen atoms in total. The fourth-order valence-corrected chi connectivity index (χ4v) is 4.48. The Hall–Kier alpha value is -3.43. The first kappa shape index (κ1) is 24.7. The fourth-order valence-electron chi connectivity index (χ4n) is 4.48. The summed E-state index contributed by atoms with van der Waals surface area (Å²) in [4.78, 5) is 30.1. The molecule has 1 aliphatic heterocycles. The van der Waals surface area contributed by atoms with Crippen molar-refractivity contribution in [2.24, 2.45) is 0 Å². The molecule has 1 aromatic carbocycles. The average Bonchev–Trinajstić information content (AvgIpc) is 2.88. The van der Waals surface area contributed by atoms with E-state index in [1.54, 1.807) is 36.4 Å². The van der Waals surface area contributed by atoms with Crippen molar-refractivity contribution in [3.8, 4) is 22.4 Å². The Labute approximate surface area is 205 Å². The number of carbonyl (C=O) groups is 1. The number of benzene rings is 1. The van der Waals surface area contributed by atoms with Crippen LogP contribution in [0.25, 0.3) is 22.4 Å². The van der Waals surface area contributed by atoms with Gasteiger partial charge >= 0.3 is 0 Å². The lowest BCUT2D eigenvalue weighted by atomic mass is 9.96. The minimum atomic E-state index is -0.569. The highest BCUT2D eigenvalue weighted by molar-refractivity contribution is 5.95. The van der Waals surface area contributed by atoms with Crippen molar-refractivity contribution in [2.45, 2.75) is 26.3 Å². The zero-order chi connectivity index (χ0) is 24.9. The third-order valence-corrected chi connectivity index (χ3v) is 6.44. The summed E-state index contributed by atoms with van der Waals surface area (Å²) >= 11 is 0. The maximum Gasteiger partial charge on any atom is 0.256 e. The largest absolute Gasteiger partial charge is 0.384 e. The lowest BCUT2D eigenvalue weighted by Gasteiger charge is -2.37. The molecule has 0 radical (unpaired) electrons. The number of anilines is 1. The third-order valence-electron chi connectivity index (χ3n) is 6.44. The zero-order valence-electron chi connectivity index (χ0n) is 20.4. The highest BCUT2D eigenvalue weighted by Crippen LogP contribution is 2.33. The van der Waals surface area contributed by atoms with E-state index in [1.165, 1.54) is 12.4 Å². The number of pyridine rings is 1. The lowest BCUT2D eigenvalue weighted by Crippen LogP contribution is -2.52. The number of ether oxygens (including phenoxy) is 1. The molecule has 0 bridgehead atoms. The van der Waals surface area contributed by atoms with Crippen LogP contribution in [-0.4, -0.2) is 76.6 Å². The number of carbonyl (C=O) groups excluding carboxylic acids is 1. The number of aromatic nitrogens is 3. The number of hydrogen-bond acceptors (Lipinski definition) is 7. The van der Waals surface area contributed by atoms with Crippen LogP contribution in [0.4, 0.5) is 10.2 Å². The molecule has 0 spiro atoms. The van der Waals surface area contributed by atoms with E-state index >= 15 is 4.39 Å². The first-order valence-electron chi connectivity index (χ1n) is 11.8. The molecule has 4 rings (SSSR count). The van der Waals surface area contributed by atoms with Crippen LogP contribution >= 0.6 is 0 Å². The summed E-state index contributed by atoms with van der Waals surface area (Å²) in [5, 5.41) is 0. The van der Waals surface area contributed by atoms with Gasteiger partial charge in [-0.2, -0.15) is 0 Å². The van der Waals surface area contributed by atoms with Gasteiger partial charge < -0.3 is 15.4 Å². The molecule has 35 heavy (non-hydrogen) atoms. The number of nitrogens with two attached hydrogens (primary N) is 1. The van der Waals surface area contributed by atoms with Crippen molar-refractivity contribution >= 4 is 11.7 Å². The van der Waals surface area contributed by atoms with Crippen LogP contribution in [0.5, 0.6) is 0 Å². The van der Waals surface area contributed by atoms with Crippen molar-refractivity contribution < 1.29 is 13.9 Å². The number of piperazine rings is 1. The summed E-state index contributed by atoms with van der Waals surface area (Å²) < 4.78 is 20.5. The quantitative estimate of drug-likeness (QED) is 0.557. The maximum absolute atomic E-state index is 15.3. The molecule has 0 aliphatic carbocycles. The molecule has 1 atom stereocenters. The predicted molar refractivity (Wildman–Crippen MR) is 133 cm³/mol. The molecule has 1 aliphatic rings.